The summed E-state index contributed by atoms with van der Waals surface area (Å²) in [6.45, 7) is 3.30. The van der Waals surface area contributed by atoms with Crippen molar-refractivity contribution in [3.63, 3.8) is 0 Å². The topological polar surface area (TPSA) is 23.5 Å². The molecule has 2 fully saturated rings. The van der Waals surface area contributed by atoms with Crippen molar-refractivity contribution in [3.05, 3.63) is 33.8 Å². The molecule has 0 spiro atoms. The minimum absolute atomic E-state index is 0.250. The van der Waals surface area contributed by atoms with Crippen LogP contribution < -0.4 is 0 Å². The summed E-state index contributed by atoms with van der Waals surface area (Å²) >= 11 is 12.6. The molecular weight excluding hydrogens is 305 g/mol. The molecule has 116 valence electrons. The highest BCUT2D eigenvalue weighted by molar-refractivity contribution is 6.42. The number of rotatable bonds is 3. The van der Waals surface area contributed by atoms with Gasteiger partial charge in [0.05, 0.1) is 15.6 Å². The van der Waals surface area contributed by atoms with Gasteiger partial charge in [0.15, 0.2) is 0 Å². The van der Waals surface area contributed by atoms with Crippen molar-refractivity contribution in [2.24, 2.45) is 5.92 Å². The first kappa shape index (κ1) is 15.6. The van der Waals surface area contributed by atoms with Crippen LogP contribution in [0.4, 0.5) is 0 Å². The average Bonchev–Trinajstić information content (AvgIpc) is 2.97. The molecule has 1 heterocycles. The third-order valence-electron chi connectivity index (χ3n) is 5.13. The van der Waals surface area contributed by atoms with Gasteiger partial charge >= 0.3 is 0 Å². The van der Waals surface area contributed by atoms with E-state index in [1.165, 1.54) is 19.3 Å². The molecule has 3 rings (SSSR count). The molecule has 2 unspecified atom stereocenters. The second-order valence-corrected chi connectivity index (χ2v) is 7.26. The minimum Gasteiger partial charge on any atom is -0.385 e. The molecule has 2 nitrogen and oxygen atoms in total. The fourth-order valence-electron chi connectivity index (χ4n) is 3.94. The highest BCUT2D eigenvalue weighted by Gasteiger charge is 2.42. The van der Waals surface area contributed by atoms with Crippen LogP contribution in [0.25, 0.3) is 0 Å². The molecule has 1 aromatic carbocycles. The van der Waals surface area contributed by atoms with Gasteiger partial charge in [0, 0.05) is 18.0 Å². The molecule has 0 amide bonds. The normalized spacial score (nSPS) is 30.7. The molecular formula is C17H23Cl2NO. The lowest BCUT2D eigenvalue weighted by Gasteiger charge is -2.42. The second-order valence-electron chi connectivity index (χ2n) is 6.48. The van der Waals surface area contributed by atoms with Crippen molar-refractivity contribution in [2.45, 2.75) is 44.1 Å². The standard InChI is InChI=1S/C17H23Cl2NO/c18-15-8-5-7-14(16(15)19)17(21)9-2-1-6-13(17)12-20-10-3-4-11-20/h5,7-8,13,21H,1-4,6,9-12H2. The van der Waals surface area contributed by atoms with Crippen molar-refractivity contribution in [2.75, 3.05) is 19.6 Å². The maximum absolute atomic E-state index is 11.4. The van der Waals surface area contributed by atoms with Crippen LogP contribution in [0.2, 0.25) is 10.0 Å². The van der Waals surface area contributed by atoms with E-state index in [2.05, 4.69) is 4.90 Å². The summed E-state index contributed by atoms with van der Waals surface area (Å²) < 4.78 is 0. The van der Waals surface area contributed by atoms with Gasteiger partial charge in [-0.05, 0) is 44.8 Å². The van der Waals surface area contributed by atoms with Crippen LogP contribution in [0.3, 0.4) is 0 Å². The number of nitrogens with zero attached hydrogens (tertiary/aromatic N) is 1. The molecule has 1 N–H and O–H groups in total. The summed E-state index contributed by atoms with van der Waals surface area (Å²) in [6.07, 6.45) is 6.66. The number of hydrogen-bond acceptors (Lipinski definition) is 2. The van der Waals surface area contributed by atoms with Crippen molar-refractivity contribution in [3.8, 4) is 0 Å². The summed E-state index contributed by atoms with van der Waals surface area (Å²) in [7, 11) is 0. The third-order valence-corrected chi connectivity index (χ3v) is 5.95. The van der Waals surface area contributed by atoms with E-state index < -0.39 is 5.60 Å². The predicted molar refractivity (Wildman–Crippen MR) is 88.0 cm³/mol. The lowest BCUT2D eigenvalue weighted by Crippen LogP contribution is -2.44. The Labute approximate surface area is 137 Å². The first-order chi connectivity index (χ1) is 10.1. The molecule has 4 heteroatoms. The van der Waals surface area contributed by atoms with Gasteiger partial charge in [0.2, 0.25) is 0 Å². The SMILES string of the molecule is OC1(c2cccc(Cl)c2Cl)CCCCC1CN1CCCC1. The Morgan fingerprint density at radius 1 is 1.14 bits per heavy atom. The average molecular weight is 328 g/mol. The van der Waals surface area contributed by atoms with Gasteiger partial charge in [-0.2, -0.15) is 0 Å². The quantitative estimate of drug-likeness (QED) is 0.885. The van der Waals surface area contributed by atoms with E-state index in [-0.39, 0.29) is 5.92 Å². The van der Waals surface area contributed by atoms with E-state index in [0.717, 1.165) is 44.5 Å². The summed E-state index contributed by atoms with van der Waals surface area (Å²) in [6, 6.07) is 5.62. The molecule has 1 aromatic rings. The highest BCUT2D eigenvalue weighted by Crippen LogP contribution is 2.46. The number of aliphatic hydroxyl groups is 1. The van der Waals surface area contributed by atoms with Crippen LogP contribution in [-0.2, 0) is 5.60 Å². The monoisotopic (exact) mass is 327 g/mol. The maximum atomic E-state index is 11.4. The van der Waals surface area contributed by atoms with E-state index in [4.69, 9.17) is 23.2 Å². The molecule has 2 aliphatic rings. The van der Waals surface area contributed by atoms with Crippen LogP contribution in [0.1, 0.15) is 44.1 Å². The van der Waals surface area contributed by atoms with Gasteiger partial charge < -0.3 is 10.0 Å². The van der Waals surface area contributed by atoms with Gasteiger partial charge in [-0.1, -0.05) is 48.2 Å². The molecule has 1 aliphatic heterocycles. The Morgan fingerprint density at radius 2 is 1.90 bits per heavy atom. The van der Waals surface area contributed by atoms with E-state index in [9.17, 15) is 5.11 Å². The zero-order valence-electron chi connectivity index (χ0n) is 12.3. The zero-order chi connectivity index (χ0) is 14.9. The highest BCUT2D eigenvalue weighted by atomic mass is 35.5. The Morgan fingerprint density at radius 3 is 2.67 bits per heavy atom. The van der Waals surface area contributed by atoms with Crippen molar-refractivity contribution in [1.82, 2.24) is 4.90 Å². The first-order valence-electron chi connectivity index (χ1n) is 8.00. The summed E-state index contributed by atoms with van der Waals surface area (Å²) in [4.78, 5) is 2.49. The molecule has 0 aromatic heterocycles. The smallest absolute Gasteiger partial charge is 0.0951 e. The van der Waals surface area contributed by atoms with Crippen LogP contribution in [-0.4, -0.2) is 29.6 Å². The number of likely N-dealkylation sites (tertiary alicyclic amines) is 1. The molecule has 1 saturated heterocycles. The van der Waals surface area contributed by atoms with E-state index >= 15 is 0 Å². The molecule has 1 saturated carbocycles. The molecule has 0 bridgehead atoms. The Bertz CT molecular complexity index is 502. The largest absolute Gasteiger partial charge is 0.385 e. The van der Waals surface area contributed by atoms with Crippen molar-refractivity contribution >= 4 is 23.2 Å². The molecule has 1 aliphatic carbocycles. The Hall–Kier alpha value is -0.280. The minimum atomic E-state index is -0.831. The lowest BCUT2D eigenvalue weighted by atomic mass is 9.71. The van der Waals surface area contributed by atoms with Gasteiger partial charge in [-0.15, -0.1) is 0 Å². The zero-order valence-corrected chi connectivity index (χ0v) is 13.8. The van der Waals surface area contributed by atoms with Crippen molar-refractivity contribution < 1.29 is 5.11 Å². The third kappa shape index (κ3) is 3.10. The second kappa shape index (κ2) is 6.45. The summed E-state index contributed by atoms with van der Waals surface area (Å²) in [5, 5.41) is 12.5. The van der Waals surface area contributed by atoms with Crippen LogP contribution >= 0.6 is 23.2 Å². The van der Waals surface area contributed by atoms with Gasteiger partial charge in [0.25, 0.3) is 0 Å². The van der Waals surface area contributed by atoms with Gasteiger partial charge in [-0.25, -0.2) is 0 Å². The van der Waals surface area contributed by atoms with Crippen LogP contribution in [0, 0.1) is 5.92 Å². The molecule has 21 heavy (non-hydrogen) atoms. The number of benzene rings is 1. The van der Waals surface area contributed by atoms with Gasteiger partial charge in [-0.3, -0.25) is 0 Å². The number of halogens is 2. The van der Waals surface area contributed by atoms with Crippen LogP contribution in [0.5, 0.6) is 0 Å². The first-order valence-corrected chi connectivity index (χ1v) is 8.76. The van der Waals surface area contributed by atoms with Crippen molar-refractivity contribution in [1.29, 1.82) is 0 Å². The van der Waals surface area contributed by atoms with E-state index in [1.54, 1.807) is 6.07 Å². The fraction of sp³-hybridized carbons (Fsp3) is 0.647. The van der Waals surface area contributed by atoms with Gasteiger partial charge in [0.1, 0.15) is 0 Å². The lowest BCUT2D eigenvalue weighted by molar-refractivity contribution is -0.0637. The maximum Gasteiger partial charge on any atom is 0.0951 e. The van der Waals surface area contributed by atoms with E-state index in [0.29, 0.717) is 10.0 Å². The molecule has 2 atom stereocenters. The fourth-order valence-corrected chi connectivity index (χ4v) is 4.40. The number of hydrogen-bond donors (Lipinski definition) is 1. The molecule has 0 radical (unpaired) electrons. The Kier molecular flexibility index (Phi) is 4.80. The summed E-state index contributed by atoms with van der Waals surface area (Å²) in [5.74, 6) is 0.250. The Balaban J connectivity index is 1.88. The predicted octanol–water partition coefficient (Wildman–Crippen LogP) is 4.47. The van der Waals surface area contributed by atoms with Crippen LogP contribution in [0.15, 0.2) is 18.2 Å². The van der Waals surface area contributed by atoms with E-state index in [1.807, 2.05) is 12.1 Å². The summed E-state index contributed by atoms with van der Waals surface area (Å²) in [5.41, 5.74) is -0.0106.